The number of thiophene rings is 1. The number of benzene rings is 8. The number of hydrogen-bond donors (Lipinski definition) is 0. The van der Waals surface area contributed by atoms with Crippen molar-refractivity contribution in [3.8, 4) is 39.1 Å². The van der Waals surface area contributed by atoms with Crippen LogP contribution < -0.4 is 0 Å². The summed E-state index contributed by atoms with van der Waals surface area (Å²) < 4.78 is 11.7. The van der Waals surface area contributed by atoms with E-state index in [1.807, 2.05) is 11.3 Å². The van der Waals surface area contributed by atoms with E-state index in [2.05, 4.69) is 156 Å². The number of aromatic nitrogens is 1. The lowest BCUT2D eigenvalue weighted by Gasteiger charge is -2.13. The van der Waals surface area contributed by atoms with Crippen molar-refractivity contribution in [1.82, 2.24) is 4.57 Å². The largest absolute Gasteiger partial charge is 0.455 e. The average molecular weight is 640 g/mol. The van der Waals surface area contributed by atoms with Gasteiger partial charge in [-0.05, 0) is 74.5 Å². The molecule has 3 heteroatoms. The van der Waals surface area contributed by atoms with Crippen LogP contribution in [-0.2, 0) is 0 Å². The first kappa shape index (κ1) is 25.9. The Balaban J connectivity index is 1.16. The third-order valence-corrected chi connectivity index (χ3v) is 11.9. The van der Waals surface area contributed by atoms with E-state index in [1.165, 1.54) is 91.5 Å². The Labute approximate surface area is 284 Å². The summed E-state index contributed by atoms with van der Waals surface area (Å²) in [5.74, 6) is 0. The summed E-state index contributed by atoms with van der Waals surface area (Å²) in [4.78, 5) is 0. The van der Waals surface area contributed by atoms with Crippen LogP contribution in [0.4, 0.5) is 0 Å². The van der Waals surface area contributed by atoms with Crippen molar-refractivity contribution in [3.63, 3.8) is 0 Å². The van der Waals surface area contributed by atoms with E-state index in [1.54, 1.807) is 0 Å². The smallest absolute Gasteiger partial charge is 0.154 e. The molecule has 0 saturated heterocycles. The fourth-order valence-corrected chi connectivity index (χ4v) is 9.93. The van der Waals surface area contributed by atoms with Crippen molar-refractivity contribution >= 4 is 86.0 Å². The second kappa shape index (κ2) is 9.25. The highest BCUT2D eigenvalue weighted by atomic mass is 32.1. The molecular formula is C46H25NOS. The van der Waals surface area contributed by atoms with E-state index in [0.29, 0.717) is 0 Å². The molecule has 0 N–H and O–H groups in total. The van der Waals surface area contributed by atoms with Crippen LogP contribution in [0.1, 0.15) is 0 Å². The monoisotopic (exact) mass is 639 g/mol. The van der Waals surface area contributed by atoms with Gasteiger partial charge in [0.1, 0.15) is 5.58 Å². The van der Waals surface area contributed by atoms with Gasteiger partial charge in [-0.2, -0.15) is 0 Å². The highest BCUT2D eigenvalue weighted by Gasteiger charge is 2.26. The van der Waals surface area contributed by atoms with E-state index < -0.39 is 0 Å². The van der Waals surface area contributed by atoms with Crippen molar-refractivity contribution in [2.24, 2.45) is 0 Å². The van der Waals surface area contributed by atoms with Gasteiger partial charge in [-0.3, -0.25) is 0 Å². The molecule has 11 aromatic rings. The summed E-state index contributed by atoms with van der Waals surface area (Å²) in [5, 5.41) is 10.0. The van der Waals surface area contributed by atoms with E-state index in [9.17, 15) is 0 Å². The summed E-state index contributed by atoms with van der Waals surface area (Å²) in [5.41, 5.74) is 13.3. The van der Waals surface area contributed by atoms with Gasteiger partial charge in [-0.25, -0.2) is 0 Å². The molecule has 0 radical (unpaired) electrons. The molecule has 1 aliphatic carbocycles. The minimum atomic E-state index is 0.929. The third-order valence-electron chi connectivity index (χ3n) is 10.7. The maximum absolute atomic E-state index is 6.71. The second-order valence-electron chi connectivity index (χ2n) is 13.2. The van der Waals surface area contributed by atoms with Crippen molar-refractivity contribution in [2.75, 3.05) is 0 Å². The zero-order chi connectivity index (χ0) is 31.8. The van der Waals surface area contributed by atoms with Crippen LogP contribution in [0.25, 0.3) is 114 Å². The molecule has 0 atom stereocenters. The van der Waals surface area contributed by atoms with Crippen LogP contribution in [-0.4, -0.2) is 4.57 Å². The van der Waals surface area contributed by atoms with Crippen LogP contribution in [0.5, 0.6) is 0 Å². The summed E-state index contributed by atoms with van der Waals surface area (Å²) in [6.45, 7) is 0. The summed E-state index contributed by atoms with van der Waals surface area (Å²) in [6, 6.07) is 55.5. The average Bonchev–Trinajstić information content (AvgIpc) is 3.91. The molecule has 0 amide bonds. The molecule has 0 aliphatic heterocycles. The van der Waals surface area contributed by atoms with Gasteiger partial charge in [-0.15, -0.1) is 11.3 Å². The molecule has 2 nitrogen and oxygen atoms in total. The SMILES string of the molecule is c1ccc2c(c1)-c1cccc3c(-c4ccc(-n5c6ccccc6c6c7c8ccccc8oc7c7sc8ccccc8c7c65)cc4)ccc-2c13. The van der Waals surface area contributed by atoms with Crippen molar-refractivity contribution in [3.05, 3.63) is 152 Å². The van der Waals surface area contributed by atoms with E-state index >= 15 is 0 Å². The van der Waals surface area contributed by atoms with Crippen molar-refractivity contribution in [2.45, 2.75) is 0 Å². The predicted octanol–water partition coefficient (Wildman–Crippen LogP) is 13.5. The molecule has 3 aromatic heterocycles. The lowest BCUT2D eigenvalue weighted by Crippen LogP contribution is -1.94. The lowest BCUT2D eigenvalue weighted by atomic mass is 9.94. The number of para-hydroxylation sites is 2. The van der Waals surface area contributed by atoms with Gasteiger partial charge in [0, 0.05) is 42.7 Å². The molecule has 0 saturated carbocycles. The fourth-order valence-electron chi connectivity index (χ4n) is 8.74. The number of nitrogens with zero attached hydrogens (tertiary/aromatic N) is 1. The molecule has 0 spiro atoms. The van der Waals surface area contributed by atoms with Gasteiger partial charge in [0.05, 0.1) is 15.7 Å². The summed E-state index contributed by atoms with van der Waals surface area (Å²) in [6.07, 6.45) is 0. The molecule has 49 heavy (non-hydrogen) atoms. The number of hydrogen-bond acceptors (Lipinski definition) is 2. The molecule has 12 rings (SSSR count). The Kier molecular flexibility index (Phi) is 4.89. The molecular weight excluding hydrogens is 615 g/mol. The van der Waals surface area contributed by atoms with E-state index in [-0.39, 0.29) is 0 Å². The van der Waals surface area contributed by atoms with Gasteiger partial charge < -0.3 is 8.98 Å². The highest BCUT2D eigenvalue weighted by Crippen LogP contribution is 2.51. The highest BCUT2D eigenvalue weighted by molar-refractivity contribution is 7.26. The van der Waals surface area contributed by atoms with Crippen molar-refractivity contribution < 1.29 is 4.42 Å². The zero-order valence-corrected chi connectivity index (χ0v) is 27.0. The van der Waals surface area contributed by atoms with Gasteiger partial charge in [0.25, 0.3) is 0 Å². The first-order valence-electron chi connectivity index (χ1n) is 16.8. The van der Waals surface area contributed by atoms with Crippen LogP contribution in [0.2, 0.25) is 0 Å². The summed E-state index contributed by atoms with van der Waals surface area (Å²) >= 11 is 1.83. The first-order valence-corrected chi connectivity index (χ1v) is 17.6. The lowest BCUT2D eigenvalue weighted by molar-refractivity contribution is 0.673. The molecule has 0 bridgehead atoms. The van der Waals surface area contributed by atoms with Gasteiger partial charge in [-0.1, -0.05) is 121 Å². The Hall–Kier alpha value is -6.16. The maximum atomic E-state index is 6.71. The van der Waals surface area contributed by atoms with Crippen molar-refractivity contribution in [1.29, 1.82) is 0 Å². The summed E-state index contributed by atoms with van der Waals surface area (Å²) in [7, 11) is 0. The van der Waals surface area contributed by atoms with E-state index in [4.69, 9.17) is 4.42 Å². The first-order chi connectivity index (χ1) is 24.3. The standard InChI is InChI=1S/C46H25NOS/c1-2-11-30-29(10-1)32-16-9-15-31-28(24-25-33(30)40(31)32)26-20-22-27(23-21-26)47-37-17-6-3-12-34(37)41-42-35-13-4-7-18-38(35)48-45(42)46-43(44(41)47)36-14-5-8-19-39(36)49-46/h1-25H. The maximum Gasteiger partial charge on any atom is 0.154 e. The van der Waals surface area contributed by atoms with Crippen LogP contribution in [0.3, 0.4) is 0 Å². The Morgan fingerprint density at radius 1 is 0.429 bits per heavy atom. The third kappa shape index (κ3) is 3.25. The molecule has 3 heterocycles. The normalized spacial score (nSPS) is 12.5. The topological polar surface area (TPSA) is 18.1 Å². The number of rotatable bonds is 2. The second-order valence-corrected chi connectivity index (χ2v) is 14.2. The van der Waals surface area contributed by atoms with Gasteiger partial charge in [0.15, 0.2) is 5.58 Å². The molecule has 0 fully saturated rings. The minimum absolute atomic E-state index is 0.929. The van der Waals surface area contributed by atoms with Crippen LogP contribution in [0, 0.1) is 0 Å². The Bertz CT molecular complexity index is 3180. The fraction of sp³-hybridized carbons (Fsp3) is 0. The number of furan rings is 1. The minimum Gasteiger partial charge on any atom is -0.455 e. The van der Waals surface area contributed by atoms with Crippen LogP contribution >= 0.6 is 11.3 Å². The number of fused-ring (bicyclic) bond motifs is 15. The Morgan fingerprint density at radius 3 is 1.94 bits per heavy atom. The quantitative estimate of drug-likeness (QED) is 0.184. The molecule has 8 aromatic carbocycles. The van der Waals surface area contributed by atoms with Gasteiger partial charge in [0.2, 0.25) is 0 Å². The molecule has 0 unspecified atom stereocenters. The predicted molar refractivity (Wildman–Crippen MR) is 208 cm³/mol. The Morgan fingerprint density at radius 2 is 1.08 bits per heavy atom. The van der Waals surface area contributed by atoms with E-state index in [0.717, 1.165) is 22.2 Å². The molecule has 226 valence electrons. The van der Waals surface area contributed by atoms with Crippen LogP contribution in [0.15, 0.2) is 156 Å². The zero-order valence-electron chi connectivity index (χ0n) is 26.2. The molecule has 1 aliphatic rings. The van der Waals surface area contributed by atoms with Gasteiger partial charge >= 0.3 is 0 Å².